The number of aryl methyl sites for hydroxylation is 1. The Morgan fingerprint density at radius 3 is 3.08 bits per heavy atom. The van der Waals surface area contributed by atoms with E-state index in [1.807, 2.05) is 40.9 Å². The molecule has 2 aliphatic rings. The second kappa shape index (κ2) is 5.78. The Kier molecular flexibility index (Phi) is 3.59. The number of amides is 2. The number of aromatic nitrogens is 2. The van der Waals surface area contributed by atoms with Crippen molar-refractivity contribution < 1.29 is 9.59 Å². The van der Waals surface area contributed by atoms with Gasteiger partial charge in [0, 0.05) is 44.1 Å². The van der Waals surface area contributed by atoms with Crippen molar-refractivity contribution in [3.8, 4) is 0 Å². The van der Waals surface area contributed by atoms with E-state index in [2.05, 4.69) is 10.3 Å². The molecule has 2 amide bonds. The molecule has 124 valence electrons. The Bertz CT molecular complexity index is 811. The molecular formula is C18H20N4O2. The lowest BCUT2D eigenvalue weighted by molar-refractivity contribution is -0.129. The van der Waals surface area contributed by atoms with Crippen molar-refractivity contribution in [2.45, 2.75) is 25.2 Å². The topological polar surface area (TPSA) is 67.2 Å². The molecule has 0 aliphatic carbocycles. The Morgan fingerprint density at radius 2 is 2.29 bits per heavy atom. The van der Waals surface area contributed by atoms with E-state index in [0.717, 1.165) is 42.1 Å². The first-order valence-corrected chi connectivity index (χ1v) is 8.27. The molecule has 3 heterocycles. The molecule has 0 saturated carbocycles. The van der Waals surface area contributed by atoms with Crippen molar-refractivity contribution >= 4 is 17.5 Å². The van der Waals surface area contributed by atoms with Gasteiger partial charge in [0.05, 0.1) is 12.8 Å². The van der Waals surface area contributed by atoms with E-state index >= 15 is 0 Å². The minimum absolute atomic E-state index is 0.0194. The van der Waals surface area contributed by atoms with Gasteiger partial charge in [-0.15, -0.1) is 0 Å². The molecule has 6 heteroatoms. The first-order chi connectivity index (χ1) is 11.6. The maximum absolute atomic E-state index is 12.6. The molecule has 0 radical (unpaired) electrons. The SMILES string of the molecule is Cn1ccnc1C1CCN(C(=O)Cc2ccc3c(c2)NC(=O)C3)C1. The molecule has 0 spiro atoms. The number of carbonyl (C=O) groups is 2. The number of hydrogen-bond acceptors (Lipinski definition) is 3. The molecule has 1 saturated heterocycles. The number of nitrogens with zero attached hydrogens (tertiary/aromatic N) is 3. The van der Waals surface area contributed by atoms with Crippen molar-refractivity contribution in [2.75, 3.05) is 18.4 Å². The zero-order chi connectivity index (χ0) is 16.7. The van der Waals surface area contributed by atoms with Crippen molar-refractivity contribution in [2.24, 2.45) is 7.05 Å². The summed E-state index contributed by atoms with van der Waals surface area (Å²) in [6, 6.07) is 5.81. The van der Waals surface area contributed by atoms with E-state index in [9.17, 15) is 9.59 Å². The largest absolute Gasteiger partial charge is 0.342 e. The predicted molar refractivity (Wildman–Crippen MR) is 89.6 cm³/mol. The third kappa shape index (κ3) is 2.68. The summed E-state index contributed by atoms with van der Waals surface area (Å²) in [5.74, 6) is 1.51. The van der Waals surface area contributed by atoms with Crippen molar-refractivity contribution in [3.63, 3.8) is 0 Å². The molecule has 6 nitrogen and oxygen atoms in total. The average molecular weight is 324 g/mol. The van der Waals surface area contributed by atoms with E-state index < -0.39 is 0 Å². The Labute approximate surface area is 140 Å². The average Bonchev–Trinajstić information content (AvgIpc) is 3.24. The fourth-order valence-electron chi connectivity index (χ4n) is 3.63. The molecule has 2 aromatic rings. The van der Waals surface area contributed by atoms with Crippen LogP contribution in [0.5, 0.6) is 0 Å². The van der Waals surface area contributed by atoms with Gasteiger partial charge in [0.15, 0.2) is 0 Å². The molecule has 2 aliphatic heterocycles. The van der Waals surface area contributed by atoms with Gasteiger partial charge in [-0.3, -0.25) is 9.59 Å². The minimum atomic E-state index is 0.0194. The Morgan fingerprint density at radius 1 is 1.42 bits per heavy atom. The lowest BCUT2D eigenvalue weighted by atomic mass is 10.1. The molecule has 1 unspecified atom stereocenters. The lowest BCUT2D eigenvalue weighted by Gasteiger charge is -2.17. The number of rotatable bonds is 3. The highest BCUT2D eigenvalue weighted by Crippen LogP contribution is 2.27. The molecule has 1 atom stereocenters. The van der Waals surface area contributed by atoms with Crippen LogP contribution in [0, 0.1) is 0 Å². The van der Waals surface area contributed by atoms with E-state index in [0.29, 0.717) is 18.8 Å². The third-order valence-corrected chi connectivity index (χ3v) is 4.92. The zero-order valence-electron chi connectivity index (χ0n) is 13.7. The minimum Gasteiger partial charge on any atom is -0.342 e. The molecule has 1 N–H and O–H groups in total. The number of carbonyl (C=O) groups excluding carboxylic acids is 2. The predicted octanol–water partition coefficient (Wildman–Crippen LogP) is 1.47. The van der Waals surface area contributed by atoms with Crippen LogP contribution in [0.2, 0.25) is 0 Å². The van der Waals surface area contributed by atoms with Crippen LogP contribution in [0.3, 0.4) is 0 Å². The molecule has 1 fully saturated rings. The fourth-order valence-corrected chi connectivity index (χ4v) is 3.63. The maximum atomic E-state index is 12.6. The van der Waals surface area contributed by atoms with Crippen molar-refractivity contribution in [3.05, 3.63) is 47.5 Å². The smallest absolute Gasteiger partial charge is 0.228 e. The quantitative estimate of drug-likeness (QED) is 0.930. The molecule has 1 aromatic heterocycles. The Hall–Kier alpha value is -2.63. The number of nitrogens with one attached hydrogen (secondary N) is 1. The van der Waals surface area contributed by atoms with Crippen LogP contribution in [0.15, 0.2) is 30.6 Å². The van der Waals surface area contributed by atoms with Gasteiger partial charge in [-0.2, -0.15) is 0 Å². The van der Waals surface area contributed by atoms with Crippen molar-refractivity contribution in [1.29, 1.82) is 0 Å². The van der Waals surface area contributed by atoms with Gasteiger partial charge in [-0.1, -0.05) is 12.1 Å². The number of likely N-dealkylation sites (tertiary alicyclic amines) is 1. The molecular weight excluding hydrogens is 304 g/mol. The molecule has 24 heavy (non-hydrogen) atoms. The van der Waals surface area contributed by atoms with Gasteiger partial charge in [0.25, 0.3) is 0 Å². The molecule has 0 bridgehead atoms. The van der Waals surface area contributed by atoms with Gasteiger partial charge in [0.1, 0.15) is 5.82 Å². The summed E-state index contributed by atoms with van der Waals surface area (Å²) in [6.07, 6.45) is 5.51. The van der Waals surface area contributed by atoms with E-state index in [-0.39, 0.29) is 11.8 Å². The van der Waals surface area contributed by atoms with Crippen LogP contribution in [-0.4, -0.2) is 39.4 Å². The maximum Gasteiger partial charge on any atom is 0.228 e. The summed E-state index contributed by atoms with van der Waals surface area (Å²) >= 11 is 0. The zero-order valence-corrected chi connectivity index (χ0v) is 13.7. The van der Waals surface area contributed by atoms with E-state index in [1.54, 1.807) is 6.20 Å². The number of benzene rings is 1. The highest BCUT2D eigenvalue weighted by Gasteiger charge is 2.29. The summed E-state index contributed by atoms with van der Waals surface area (Å²) < 4.78 is 2.03. The number of anilines is 1. The Balaban J connectivity index is 1.41. The second-order valence-corrected chi connectivity index (χ2v) is 6.61. The first kappa shape index (κ1) is 14.9. The summed E-state index contributed by atoms with van der Waals surface area (Å²) in [7, 11) is 1.99. The van der Waals surface area contributed by atoms with Crippen LogP contribution >= 0.6 is 0 Å². The van der Waals surface area contributed by atoms with Crippen LogP contribution in [0.4, 0.5) is 5.69 Å². The monoisotopic (exact) mass is 324 g/mol. The molecule has 4 rings (SSSR count). The first-order valence-electron chi connectivity index (χ1n) is 8.27. The summed E-state index contributed by atoms with van der Waals surface area (Å²) in [4.78, 5) is 30.3. The number of hydrogen-bond donors (Lipinski definition) is 1. The van der Waals surface area contributed by atoms with Crippen LogP contribution in [0.25, 0.3) is 0 Å². The van der Waals surface area contributed by atoms with Gasteiger partial charge in [0.2, 0.25) is 11.8 Å². The standard InChI is InChI=1S/C18H20N4O2/c1-21-7-5-19-18(21)14-4-6-22(11-14)17(24)9-12-2-3-13-10-16(23)20-15(13)8-12/h2-3,5,7-8,14H,4,6,9-11H2,1H3,(H,20,23). The highest BCUT2D eigenvalue weighted by atomic mass is 16.2. The van der Waals surface area contributed by atoms with Crippen LogP contribution in [-0.2, 0) is 29.5 Å². The van der Waals surface area contributed by atoms with Gasteiger partial charge >= 0.3 is 0 Å². The normalized spacial score (nSPS) is 19.5. The summed E-state index contributed by atoms with van der Waals surface area (Å²) in [6.45, 7) is 1.50. The summed E-state index contributed by atoms with van der Waals surface area (Å²) in [5.41, 5.74) is 2.80. The third-order valence-electron chi connectivity index (χ3n) is 4.92. The van der Waals surface area contributed by atoms with Crippen molar-refractivity contribution in [1.82, 2.24) is 14.5 Å². The van der Waals surface area contributed by atoms with Gasteiger partial charge in [-0.25, -0.2) is 4.98 Å². The number of fused-ring (bicyclic) bond motifs is 1. The lowest BCUT2D eigenvalue weighted by Crippen LogP contribution is -2.30. The fraction of sp³-hybridized carbons (Fsp3) is 0.389. The van der Waals surface area contributed by atoms with Crippen LogP contribution < -0.4 is 5.32 Å². The number of imidazole rings is 1. The second-order valence-electron chi connectivity index (χ2n) is 6.61. The van der Waals surface area contributed by atoms with Gasteiger partial charge in [-0.05, 0) is 23.6 Å². The molecule has 1 aromatic carbocycles. The van der Waals surface area contributed by atoms with Gasteiger partial charge < -0.3 is 14.8 Å². The van der Waals surface area contributed by atoms with E-state index in [1.165, 1.54) is 0 Å². The van der Waals surface area contributed by atoms with Crippen LogP contribution in [0.1, 0.15) is 29.3 Å². The highest BCUT2D eigenvalue weighted by molar-refractivity contribution is 5.99. The summed E-state index contributed by atoms with van der Waals surface area (Å²) in [5, 5.41) is 2.84. The van der Waals surface area contributed by atoms with E-state index in [4.69, 9.17) is 0 Å².